The third-order valence-corrected chi connectivity index (χ3v) is 3.18. The largest absolute Gasteiger partial charge is 0.321 e. The van der Waals surface area contributed by atoms with Gasteiger partial charge in [0.1, 0.15) is 0 Å². The van der Waals surface area contributed by atoms with E-state index in [0.29, 0.717) is 11.7 Å². The Hall–Kier alpha value is -1.58. The standard InChI is InChI=1S/C14H13Cl2N3/c1-11-10-13(17-18-14(11)16)19(9-5-8-15)12-6-3-2-4-7-12/h2-8,10H,9H2,1H3. The van der Waals surface area contributed by atoms with Crippen LogP contribution < -0.4 is 4.90 Å². The van der Waals surface area contributed by atoms with Gasteiger partial charge in [-0.3, -0.25) is 0 Å². The second-order valence-corrected chi connectivity index (χ2v) is 4.59. The Morgan fingerprint density at radius 1 is 1.21 bits per heavy atom. The summed E-state index contributed by atoms with van der Waals surface area (Å²) in [6, 6.07) is 11.8. The lowest BCUT2D eigenvalue weighted by Crippen LogP contribution is -2.18. The van der Waals surface area contributed by atoms with Crippen LogP contribution in [0.4, 0.5) is 11.5 Å². The number of rotatable bonds is 4. The number of anilines is 2. The van der Waals surface area contributed by atoms with E-state index in [9.17, 15) is 0 Å². The number of hydrogen-bond acceptors (Lipinski definition) is 3. The van der Waals surface area contributed by atoms with Crippen LogP contribution in [0.2, 0.25) is 5.15 Å². The van der Waals surface area contributed by atoms with Crippen LogP contribution in [-0.2, 0) is 0 Å². The Balaban J connectivity index is 2.39. The SMILES string of the molecule is Cc1cc(N(CC=CCl)c2ccccc2)nnc1Cl. The second-order valence-electron chi connectivity index (χ2n) is 3.98. The molecule has 19 heavy (non-hydrogen) atoms. The maximum Gasteiger partial charge on any atom is 0.156 e. The fourth-order valence-electron chi connectivity index (χ4n) is 1.67. The molecule has 0 aliphatic rings. The average molecular weight is 294 g/mol. The fraction of sp³-hybridized carbons (Fsp3) is 0.143. The molecule has 0 bridgehead atoms. The molecule has 0 unspecified atom stereocenters. The van der Waals surface area contributed by atoms with Crippen LogP contribution in [0.25, 0.3) is 0 Å². The van der Waals surface area contributed by atoms with E-state index in [4.69, 9.17) is 23.2 Å². The van der Waals surface area contributed by atoms with Crippen molar-refractivity contribution in [2.75, 3.05) is 11.4 Å². The summed E-state index contributed by atoms with van der Waals surface area (Å²) in [4.78, 5) is 2.01. The van der Waals surface area contributed by atoms with Crippen molar-refractivity contribution in [3.05, 3.63) is 58.7 Å². The lowest BCUT2D eigenvalue weighted by Gasteiger charge is -2.22. The molecular weight excluding hydrogens is 281 g/mol. The first-order valence-electron chi connectivity index (χ1n) is 5.80. The molecule has 2 rings (SSSR count). The van der Waals surface area contributed by atoms with Gasteiger partial charge in [0.15, 0.2) is 11.0 Å². The van der Waals surface area contributed by atoms with Gasteiger partial charge in [-0.15, -0.1) is 10.2 Å². The van der Waals surface area contributed by atoms with Crippen molar-refractivity contribution in [2.24, 2.45) is 0 Å². The number of halogens is 2. The van der Waals surface area contributed by atoms with E-state index >= 15 is 0 Å². The minimum Gasteiger partial charge on any atom is -0.321 e. The highest BCUT2D eigenvalue weighted by Crippen LogP contribution is 2.24. The van der Waals surface area contributed by atoms with Crippen molar-refractivity contribution < 1.29 is 0 Å². The van der Waals surface area contributed by atoms with E-state index < -0.39 is 0 Å². The third kappa shape index (κ3) is 3.46. The molecule has 0 saturated carbocycles. The first-order valence-corrected chi connectivity index (χ1v) is 6.61. The number of para-hydroxylation sites is 1. The van der Waals surface area contributed by atoms with Crippen molar-refractivity contribution in [2.45, 2.75) is 6.92 Å². The Morgan fingerprint density at radius 3 is 2.58 bits per heavy atom. The molecule has 0 atom stereocenters. The normalized spacial score (nSPS) is 10.9. The summed E-state index contributed by atoms with van der Waals surface area (Å²) in [6.07, 6.45) is 1.85. The Kier molecular flexibility index (Phi) is 4.77. The molecule has 0 spiro atoms. The van der Waals surface area contributed by atoms with Gasteiger partial charge in [0.25, 0.3) is 0 Å². The van der Waals surface area contributed by atoms with Gasteiger partial charge >= 0.3 is 0 Å². The van der Waals surface area contributed by atoms with Crippen LogP contribution in [-0.4, -0.2) is 16.7 Å². The van der Waals surface area contributed by atoms with E-state index in [1.54, 1.807) is 0 Å². The Labute approximate surface area is 122 Å². The third-order valence-electron chi connectivity index (χ3n) is 2.63. The van der Waals surface area contributed by atoms with Crippen molar-refractivity contribution in [3.8, 4) is 0 Å². The van der Waals surface area contributed by atoms with Crippen LogP contribution in [0.15, 0.2) is 48.0 Å². The number of hydrogen-bond donors (Lipinski definition) is 0. The van der Waals surface area contributed by atoms with Crippen LogP contribution in [0.1, 0.15) is 5.56 Å². The highest BCUT2D eigenvalue weighted by molar-refractivity contribution is 6.30. The first kappa shape index (κ1) is 13.8. The molecule has 5 heteroatoms. The summed E-state index contributed by atoms with van der Waals surface area (Å²) < 4.78 is 0. The van der Waals surface area contributed by atoms with E-state index in [0.717, 1.165) is 17.1 Å². The van der Waals surface area contributed by atoms with Gasteiger partial charge in [-0.05, 0) is 30.7 Å². The minimum atomic E-state index is 0.421. The summed E-state index contributed by atoms with van der Waals surface area (Å²) >= 11 is 11.5. The van der Waals surface area contributed by atoms with E-state index in [1.165, 1.54) is 5.54 Å². The quantitative estimate of drug-likeness (QED) is 0.840. The number of benzene rings is 1. The number of aromatic nitrogens is 2. The van der Waals surface area contributed by atoms with Crippen molar-refractivity contribution >= 4 is 34.7 Å². The van der Waals surface area contributed by atoms with E-state index in [2.05, 4.69) is 10.2 Å². The van der Waals surface area contributed by atoms with Crippen LogP contribution >= 0.6 is 23.2 Å². The highest BCUT2D eigenvalue weighted by Gasteiger charge is 2.11. The predicted octanol–water partition coefficient (Wildman–Crippen LogP) is 4.33. The summed E-state index contributed by atoms with van der Waals surface area (Å²) in [5.74, 6) is 0.739. The maximum atomic E-state index is 5.91. The number of nitrogens with zero attached hydrogens (tertiary/aromatic N) is 3. The average Bonchev–Trinajstić information content (AvgIpc) is 2.44. The second kappa shape index (κ2) is 6.55. The number of aryl methyl sites for hydroxylation is 1. The van der Waals surface area contributed by atoms with Gasteiger partial charge in [-0.2, -0.15) is 0 Å². The molecular formula is C14H13Cl2N3. The fourth-order valence-corrected chi connectivity index (χ4v) is 1.84. The zero-order valence-corrected chi connectivity index (χ0v) is 11.9. The van der Waals surface area contributed by atoms with Crippen LogP contribution in [0, 0.1) is 6.92 Å². The molecule has 1 aromatic heterocycles. The van der Waals surface area contributed by atoms with Crippen molar-refractivity contribution in [1.82, 2.24) is 10.2 Å². The zero-order chi connectivity index (χ0) is 13.7. The van der Waals surface area contributed by atoms with Gasteiger partial charge in [0.05, 0.1) is 0 Å². The Morgan fingerprint density at radius 2 is 1.95 bits per heavy atom. The zero-order valence-electron chi connectivity index (χ0n) is 10.4. The summed E-state index contributed by atoms with van der Waals surface area (Å²) in [7, 11) is 0. The highest BCUT2D eigenvalue weighted by atomic mass is 35.5. The molecule has 0 amide bonds. The molecule has 98 valence electrons. The Bertz CT molecular complexity index is 570. The monoisotopic (exact) mass is 293 g/mol. The summed E-state index contributed by atoms with van der Waals surface area (Å²) in [5, 5.41) is 8.51. The smallest absolute Gasteiger partial charge is 0.156 e. The van der Waals surface area contributed by atoms with Gasteiger partial charge in [0, 0.05) is 17.8 Å². The predicted molar refractivity (Wildman–Crippen MR) is 80.2 cm³/mol. The lowest BCUT2D eigenvalue weighted by molar-refractivity contribution is 0.950. The molecule has 2 aromatic rings. The van der Waals surface area contributed by atoms with Gasteiger partial charge in [-0.1, -0.05) is 47.5 Å². The van der Waals surface area contributed by atoms with E-state index in [-0.39, 0.29) is 0 Å². The molecule has 1 aromatic carbocycles. The van der Waals surface area contributed by atoms with E-state index in [1.807, 2.05) is 54.3 Å². The molecule has 0 radical (unpaired) electrons. The molecule has 1 heterocycles. The molecule has 3 nitrogen and oxygen atoms in total. The molecule has 0 aliphatic carbocycles. The lowest BCUT2D eigenvalue weighted by atomic mass is 10.2. The maximum absolute atomic E-state index is 5.91. The molecule has 0 saturated heterocycles. The van der Waals surface area contributed by atoms with Crippen molar-refractivity contribution in [3.63, 3.8) is 0 Å². The van der Waals surface area contributed by atoms with Crippen LogP contribution in [0.5, 0.6) is 0 Å². The van der Waals surface area contributed by atoms with Gasteiger partial charge in [-0.25, -0.2) is 0 Å². The van der Waals surface area contributed by atoms with Gasteiger partial charge < -0.3 is 4.90 Å². The molecule has 0 N–H and O–H groups in total. The van der Waals surface area contributed by atoms with Crippen LogP contribution in [0.3, 0.4) is 0 Å². The molecule has 0 aliphatic heterocycles. The summed E-state index contributed by atoms with van der Waals surface area (Å²) in [5.41, 5.74) is 3.40. The summed E-state index contributed by atoms with van der Waals surface area (Å²) in [6.45, 7) is 2.52. The molecule has 0 fully saturated rings. The minimum absolute atomic E-state index is 0.421. The topological polar surface area (TPSA) is 29.0 Å². The van der Waals surface area contributed by atoms with Crippen molar-refractivity contribution in [1.29, 1.82) is 0 Å². The van der Waals surface area contributed by atoms with Gasteiger partial charge in [0.2, 0.25) is 0 Å². The first-order chi connectivity index (χ1) is 9.22.